The molecule has 0 aliphatic heterocycles. The Morgan fingerprint density at radius 3 is 2.00 bits per heavy atom. The van der Waals surface area contributed by atoms with Crippen LogP contribution in [0.3, 0.4) is 0 Å². The van der Waals surface area contributed by atoms with Gasteiger partial charge in [-0.3, -0.25) is 0 Å². The summed E-state index contributed by atoms with van der Waals surface area (Å²) in [5.74, 6) is -0.982. The van der Waals surface area contributed by atoms with E-state index in [9.17, 15) is 14.7 Å². The van der Waals surface area contributed by atoms with Gasteiger partial charge in [-0.2, -0.15) is 0 Å². The Morgan fingerprint density at radius 1 is 1.11 bits per heavy atom. The number of hydrogen-bond donors (Lipinski definition) is 1. The molecule has 0 aromatic carbocycles. The molecule has 18 heavy (non-hydrogen) atoms. The average molecular weight is 258 g/mol. The van der Waals surface area contributed by atoms with Gasteiger partial charge in [-0.05, 0) is 34.1 Å². The van der Waals surface area contributed by atoms with Gasteiger partial charge in [0.05, 0.1) is 0 Å². The van der Waals surface area contributed by atoms with Crippen LogP contribution in [0, 0.1) is 0 Å². The fraction of sp³-hybridized carbons (Fsp3) is 0.846. The highest BCUT2D eigenvalue weighted by Gasteiger charge is 2.38. The van der Waals surface area contributed by atoms with Crippen molar-refractivity contribution >= 4 is 12.0 Å². The van der Waals surface area contributed by atoms with E-state index in [1.165, 1.54) is 4.90 Å². The quantitative estimate of drug-likeness (QED) is 0.763. The molecule has 0 bridgehead atoms. The van der Waals surface area contributed by atoms with E-state index in [0.29, 0.717) is 19.6 Å². The van der Waals surface area contributed by atoms with Crippen LogP contribution < -0.4 is 0 Å². The van der Waals surface area contributed by atoms with Crippen LogP contribution in [0.4, 0.5) is 4.79 Å². The minimum absolute atomic E-state index is 0.194. The van der Waals surface area contributed by atoms with E-state index in [-0.39, 0.29) is 6.03 Å². The zero-order valence-electron chi connectivity index (χ0n) is 12.2. The molecule has 0 rings (SSSR count). The summed E-state index contributed by atoms with van der Waals surface area (Å²) in [6.45, 7) is 10.6. The van der Waals surface area contributed by atoms with Gasteiger partial charge in [0.25, 0.3) is 0 Å². The van der Waals surface area contributed by atoms with Gasteiger partial charge >= 0.3 is 12.0 Å². The van der Waals surface area contributed by atoms with Crippen LogP contribution in [0.5, 0.6) is 0 Å². The molecule has 0 radical (unpaired) electrons. The molecule has 0 saturated heterocycles. The summed E-state index contributed by atoms with van der Waals surface area (Å²) in [6.07, 6.45) is 1.95. The molecule has 5 nitrogen and oxygen atoms in total. The first kappa shape index (κ1) is 16.7. The Balaban J connectivity index is 4.93. The summed E-state index contributed by atoms with van der Waals surface area (Å²) in [4.78, 5) is 26.7. The molecule has 106 valence electrons. The molecule has 5 heteroatoms. The standard InChI is InChI=1S/C13H26N2O3/c1-6-9-10-14(7-2)12(18)15(8-3)13(4,5)11(16)17/h6-10H2,1-5H3,(H,16,17). The van der Waals surface area contributed by atoms with Crippen LogP contribution in [0.2, 0.25) is 0 Å². The summed E-state index contributed by atoms with van der Waals surface area (Å²) in [6, 6.07) is -0.194. The first-order valence-electron chi connectivity index (χ1n) is 6.62. The third-order valence-corrected chi connectivity index (χ3v) is 3.18. The van der Waals surface area contributed by atoms with Crippen molar-refractivity contribution < 1.29 is 14.7 Å². The van der Waals surface area contributed by atoms with Crippen LogP contribution in [-0.2, 0) is 4.79 Å². The fourth-order valence-corrected chi connectivity index (χ4v) is 1.79. The van der Waals surface area contributed by atoms with Crippen LogP contribution >= 0.6 is 0 Å². The summed E-state index contributed by atoms with van der Waals surface area (Å²) < 4.78 is 0. The molecule has 0 heterocycles. The molecule has 0 spiro atoms. The van der Waals surface area contributed by atoms with Crippen molar-refractivity contribution in [2.24, 2.45) is 0 Å². The Labute approximate surface area is 110 Å². The Hall–Kier alpha value is -1.26. The Kier molecular flexibility index (Phi) is 6.73. The second-order valence-electron chi connectivity index (χ2n) is 4.82. The van der Waals surface area contributed by atoms with E-state index in [1.807, 2.05) is 6.92 Å². The summed E-state index contributed by atoms with van der Waals surface area (Å²) in [5.41, 5.74) is -1.18. The maximum absolute atomic E-state index is 12.4. The molecule has 1 N–H and O–H groups in total. The predicted octanol–water partition coefficient (Wildman–Crippen LogP) is 2.41. The van der Waals surface area contributed by atoms with Gasteiger partial charge in [0.2, 0.25) is 0 Å². The summed E-state index contributed by atoms with van der Waals surface area (Å²) in [5, 5.41) is 9.21. The largest absolute Gasteiger partial charge is 0.480 e. The third-order valence-electron chi connectivity index (χ3n) is 3.18. The monoisotopic (exact) mass is 258 g/mol. The fourth-order valence-electron chi connectivity index (χ4n) is 1.79. The second kappa shape index (κ2) is 7.24. The molecule has 0 aliphatic rings. The lowest BCUT2D eigenvalue weighted by molar-refractivity contribution is -0.147. The lowest BCUT2D eigenvalue weighted by atomic mass is 10.0. The molecule has 0 aliphatic carbocycles. The minimum atomic E-state index is -1.18. The van der Waals surface area contributed by atoms with Gasteiger partial charge < -0.3 is 14.9 Å². The SMILES string of the molecule is CCCCN(CC)C(=O)N(CC)C(C)(C)C(=O)O. The van der Waals surface area contributed by atoms with Gasteiger partial charge in [0.1, 0.15) is 5.54 Å². The summed E-state index contributed by atoms with van der Waals surface area (Å²) in [7, 11) is 0. The maximum atomic E-state index is 12.4. The van der Waals surface area contributed by atoms with E-state index >= 15 is 0 Å². The third kappa shape index (κ3) is 3.89. The van der Waals surface area contributed by atoms with Crippen LogP contribution in [-0.4, -0.2) is 52.1 Å². The highest BCUT2D eigenvalue weighted by Crippen LogP contribution is 2.17. The van der Waals surface area contributed by atoms with Crippen LogP contribution in [0.25, 0.3) is 0 Å². The first-order valence-corrected chi connectivity index (χ1v) is 6.62. The Morgan fingerprint density at radius 2 is 1.67 bits per heavy atom. The molecule has 0 saturated carbocycles. The summed E-state index contributed by atoms with van der Waals surface area (Å²) >= 11 is 0. The predicted molar refractivity (Wildman–Crippen MR) is 71.6 cm³/mol. The molecule has 0 fully saturated rings. The number of amides is 2. The van der Waals surface area contributed by atoms with Crippen molar-refractivity contribution in [3.8, 4) is 0 Å². The topological polar surface area (TPSA) is 60.9 Å². The molecular formula is C13H26N2O3. The van der Waals surface area contributed by atoms with Gasteiger partial charge in [-0.1, -0.05) is 13.3 Å². The number of hydrogen-bond acceptors (Lipinski definition) is 2. The van der Waals surface area contributed by atoms with Crippen molar-refractivity contribution in [2.45, 2.75) is 53.0 Å². The van der Waals surface area contributed by atoms with Crippen molar-refractivity contribution in [3.63, 3.8) is 0 Å². The smallest absolute Gasteiger partial charge is 0.329 e. The number of carboxylic acid groups (broad SMARTS) is 1. The zero-order valence-corrected chi connectivity index (χ0v) is 12.2. The molecule has 0 aromatic rings. The normalized spacial score (nSPS) is 11.2. The number of carbonyl (C=O) groups excluding carboxylic acids is 1. The van der Waals surface area contributed by atoms with Crippen LogP contribution in [0.1, 0.15) is 47.5 Å². The van der Waals surface area contributed by atoms with Gasteiger partial charge in [0.15, 0.2) is 0 Å². The van der Waals surface area contributed by atoms with Crippen LogP contribution in [0.15, 0.2) is 0 Å². The first-order chi connectivity index (χ1) is 8.32. The van der Waals surface area contributed by atoms with E-state index < -0.39 is 11.5 Å². The Bertz CT molecular complexity index is 290. The average Bonchev–Trinajstić information content (AvgIpc) is 2.30. The van der Waals surface area contributed by atoms with Gasteiger partial charge in [-0.25, -0.2) is 9.59 Å². The maximum Gasteiger partial charge on any atom is 0.329 e. The highest BCUT2D eigenvalue weighted by molar-refractivity contribution is 5.85. The van der Waals surface area contributed by atoms with E-state index in [1.54, 1.807) is 25.7 Å². The number of aliphatic carboxylic acids is 1. The lowest BCUT2D eigenvalue weighted by Gasteiger charge is -2.37. The highest BCUT2D eigenvalue weighted by atomic mass is 16.4. The number of rotatable bonds is 7. The lowest BCUT2D eigenvalue weighted by Crippen LogP contribution is -2.57. The number of likely N-dealkylation sites (N-methyl/N-ethyl adjacent to an activating group) is 1. The van der Waals surface area contributed by atoms with E-state index in [0.717, 1.165) is 12.8 Å². The number of urea groups is 1. The number of carbonyl (C=O) groups is 2. The molecule has 0 aromatic heterocycles. The van der Waals surface area contributed by atoms with E-state index in [2.05, 4.69) is 6.92 Å². The van der Waals surface area contributed by atoms with Crippen molar-refractivity contribution in [2.75, 3.05) is 19.6 Å². The van der Waals surface area contributed by atoms with Crippen molar-refractivity contribution in [1.29, 1.82) is 0 Å². The van der Waals surface area contributed by atoms with Gasteiger partial charge in [0, 0.05) is 19.6 Å². The number of unbranched alkanes of at least 4 members (excludes halogenated alkanes) is 1. The number of nitrogens with zero attached hydrogens (tertiary/aromatic N) is 2. The second-order valence-corrected chi connectivity index (χ2v) is 4.82. The van der Waals surface area contributed by atoms with Crippen molar-refractivity contribution in [3.05, 3.63) is 0 Å². The molecule has 0 unspecified atom stereocenters. The van der Waals surface area contributed by atoms with E-state index in [4.69, 9.17) is 0 Å². The van der Waals surface area contributed by atoms with Gasteiger partial charge in [-0.15, -0.1) is 0 Å². The molecule has 2 amide bonds. The van der Waals surface area contributed by atoms with Crippen molar-refractivity contribution in [1.82, 2.24) is 9.80 Å². The minimum Gasteiger partial charge on any atom is -0.480 e. The molecular weight excluding hydrogens is 232 g/mol. The molecule has 0 atom stereocenters. The number of carboxylic acids is 1. The zero-order chi connectivity index (χ0) is 14.3.